The topological polar surface area (TPSA) is 71.8 Å². The molecule has 1 aromatic carbocycles. The molecular weight excluding hydrogens is 400 g/mol. The van der Waals surface area contributed by atoms with E-state index in [0.717, 1.165) is 44.8 Å². The first-order valence-electron chi connectivity index (χ1n) is 10.6. The number of ether oxygens (including phenoxy) is 1. The fourth-order valence-electron chi connectivity index (χ4n) is 3.26. The van der Waals surface area contributed by atoms with Crippen LogP contribution in [0.25, 0.3) is 0 Å². The SMILES string of the molecule is Cc1ccnc(N=C2N=C(Nc3cc(C)ccn3)c3ccc(OCC[N+](C)(C)C)cc32)c1. The Kier molecular flexibility index (Phi) is 6.01. The van der Waals surface area contributed by atoms with Crippen molar-refractivity contribution >= 4 is 23.3 Å². The van der Waals surface area contributed by atoms with Crippen molar-refractivity contribution in [2.75, 3.05) is 39.6 Å². The quantitative estimate of drug-likeness (QED) is 0.598. The first kappa shape index (κ1) is 21.6. The number of aryl methyl sites for hydroxylation is 2. The van der Waals surface area contributed by atoms with Crippen LogP contribution in [-0.4, -0.2) is 60.4 Å². The van der Waals surface area contributed by atoms with Crippen LogP contribution in [0.3, 0.4) is 0 Å². The molecular formula is C25H29N6O+. The summed E-state index contributed by atoms with van der Waals surface area (Å²) in [6, 6.07) is 13.8. The molecule has 1 aliphatic rings. The van der Waals surface area contributed by atoms with Crippen molar-refractivity contribution in [1.82, 2.24) is 9.97 Å². The Morgan fingerprint density at radius 2 is 1.66 bits per heavy atom. The molecule has 1 N–H and O–H groups in total. The lowest BCUT2D eigenvalue weighted by Gasteiger charge is -2.23. The van der Waals surface area contributed by atoms with Crippen molar-refractivity contribution in [3.63, 3.8) is 0 Å². The van der Waals surface area contributed by atoms with Crippen molar-refractivity contribution in [1.29, 1.82) is 0 Å². The number of quaternary nitrogens is 1. The minimum atomic E-state index is 0.602. The number of benzene rings is 1. The van der Waals surface area contributed by atoms with Gasteiger partial charge in [-0.1, -0.05) is 0 Å². The van der Waals surface area contributed by atoms with Gasteiger partial charge < -0.3 is 14.5 Å². The maximum absolute atomic E-state index is 6.02. The smallest absolute Gasteiger partial charge is 0.164 e. The summed E-state index contributed by atoms with van der Waals surface area (Å²) in [6.07, 6.45) is 3.54. The van der Waals surface area contributed by atoms with Gasteiger partial charge in [0.15, 0.2) is 11.7 Å². The highest BCUT2D eigenvalue weighted by atomic mass is 16.5. The van der Waals surface area contributed by atoms with Gasteiger partial charge in [-0.05, 0) is 67.4 Å². The summed E-state index contributed by atoms with van der Waals surface area (Å²) in [6.45, 7) is 5.60. The van der Waals surface area contributed by atoms with Gasteiger partial charge in [0.2, 0.25) is 0 Å². The zero-order chi connectivity index (χ0) is 22.7. The first-order chi connectivity index (χ1) is 15.3. The minimum Gasteiger partial charge on any atom is -0.488 e. The highest BCUT2D eigenvalue weighted by Crippen LogP contribution is 2.27. The van der Waals surface area contributed by atoms with E-state index in [9.17, 15) is 0 Å². The average Bonchev–Trinajstić information content (AvgIpc) is 3.04. The number of amidine groups is 2. The molecule has 0 amide bonds. The Morgan fingerprint density at radius 1 is 0.906 bits per heavy atom. The number of pyridine rings is 2. The van der Waals surface area contributed by atoms with Crippen LogP contribution in [0.1, 0.15) is 22.3 Å². The average molecular weight is 430 g/mol. The fourth-order valence-corrected chi connectivity index (χ4v) is 3.26. The van der Waals surface area contributed by atoms with Crippen LogP contribution in [0.4, 0.5) is 11.6 Å². The lowest BCUT2D eigenvalue weighted by Crippen LogP contribution is -2.38. The summed E-state index contributed by atoms with van der Waals surface area (Å²) in [5.41, 5.74) is 4.09. The van der Waals surface area contributed by atoms with Crippen molar-refractivity contribution in [3.8, 4) is 5.75 Å². The number of hydrogen-bond acceptors (Lipinski definition) is 5. The van der Waals surface area contributed by atoms with Crippen molar-refractivity contribution < 1.29 is 9.22 Å². The van der Waals surface area contributed by atoms with Crippen LogP contribution in [0.15, 0.2) is 64.8 Å². The van der Waals surface area contributed by atoms with Gasteiger partial charge in [-0.25, -0.2) is 20.0 Å². The number of rotatable bonds is 6. The van der Waals surface area contributed by atoms with Gasteiger partial charge >= 0.3 is 0 Å². The molecule has 0 bridgehead atoms. The van der Waals surface area contributed by atoms with Gasteiger partial charge in [-0.2, -0.15) is 0 Å². The molecule has 0 spiro atoms. The number of nitrogens with zero attached hydrogens (tertiary/aromatic N) is 5. The molecule has 0 fully saturated rings. The predicted octanol–water partition coefficient (Wildman–Crippen LogP) is 4.13. The van der Waals surface area contributed by atoms with E-state index in [4.69, 9.17) is 14.7 Å². The molecule has 0 aliphatic carbocycles. The molecule has 7 nitrogen and oxygen atoms in total. The highest BCUT2D eigenvalue weighted by molar-refractivity contribution is 6.26. The number of aliphatic imine (C=N–C) groups is 2. The van der Waals surface area contributed by atoms with Gasteiger partial charge in [0, 0.05) is 23.5 Å². The molecule has 7 heteroatoms. The Hall–Kier alpha value is -3.58. The Balaban J connectivity index is 1.67. The molecule has 0 atom stereocenters. The number of fused-ring (bicyclic) bond motifs is 1. The van der Waals surface area contributed by atoms with E-state index in [2.05, 4.69) is 36.4 Å². The molecule has 0 saturated heterocycles. The maximum atomic E-state index is 6.02. The van der Waals surface area contributed by atoms with Crippen molar-refractivity contribution in [2.45, 2.75) is 13.8 Å². The molecule has 0 saturated carbocycles. The van der Waals surface area contributed by atoms with Crippen molar-refractivity contribution in [2.24, 2.45) is 9.98 Å². The molecule has 0 unspecified atom stereocenters. The molecule has 0 radical (unpaired) electrons. The molecule has 32 heavy (non-hydrogen) atoms. The predicted molar refractivity (Wildman–Crippen MR) is 129 cm³/mol. The molecule has 3 heterocycles. The summed E-state index contributed by atoms with van der Waals surface area (Å²) in [5.74, 6) is 3.48. The zero-order valence-electron chi connectivity index (χ0n) is 19.3. The summed E-state index contributed by atoms with van der Waals surface area (Å²) in [7, 11) is 6.45. The summed E-state index contributed by atoms with van der Waals surface area (Å²) in [5, 5.41) is 3.34. The van der Waals surface area contributed by atoms with Crippen LogP contribution in [0.2, 0.25) is 0 Å². The minimum absolute atomic E-state index is 0.602. The van der Waals surface area contributed by atoms with E-state index >= 15 is 0 Å². The molecule has 2 aromatic heterocycles. The molecule has 164 valence electrons. The van der Waals surface area contributed by atoms with Crippen LogP contribution in [-0.2, 0) is 0 Å². The summed E-state index contributed by atoms with van der Waals surface area (Å²) >= 11 is 0. The van der Waals surface area contributed by atoms with E-state index < -0.39 is 0 Å². The third kappa shape index (κ3) is 5.36. The van der Waals surface area contributed by atoms with Crippen LogP contribution < -0.4 is 10.1 Å². The normalized spacial score (nSPS) is 14.3. The van der Waals surface area contributed by atoms with E-state index in [1.165, 1.54) is 0 Å². The monoisotopic (exact) mass is 429 g/mol. The number of anilines is 1. The van der Waals surface area contributed by atoms with E-state index in [-0.39, 0.29) is 0 Å². The third-order valence-corrected chi connectivity index (χ3v) is 5.02. The largest absolute Gasteiger partial charge is 0.488 e. The van der Waals surface area contributed by atoms with E-state index in [1.54, 1.807) is 12.4 Å². The van der Waals surface area contributed by atoms with E-state index in [0.29, 0.717) is 24.1 Å². The molecule has 1 aliphatic heterocycles. The Bertz CT molecular complexity index is 1190. The molecule has 4 rings (SSSR count). The number of hydrogen-bond donors (Lipinski definition) is 1. The second-order valence-electron chi connectivity index (χ2n) is 9.00. The second-order valence-corrected chi connectivity index (χ2v) is 9.00. The van der Waals surface area contributed by atoms with Crippen molar-refractivity contribution in [3.05, 3.63) is 77.1 Å². The Morgan fingerprint density at radius 3 is 2.38 bits per heavy atom. The number of aromatic nitrogens is 2. The second kappa shape index (κ2) is 8.88. The highest BCUT2D eigenvalue weighted by Gasteiger charge is 2.23. The summed E-state index contributed by atoms with van der Waals surface area (Å²) in [4.78, 5) is 18.3. The van der Waals surface area contributed by atoms with Gasteiger partial charge in [0.1, 0.15) is 30.6 Å². The standard InChI is InChI=1S/C25H29N6O/c1-17-8-10-26-22(14-17)28-24-20-7-6-19(32-13-12-31(3,4)5)16-21(20)25(30-24)29-23-15-18(2)9-11-27-23/h6-11,14-16H,12-13H2,1-5H3,(H,26,27,28,29,30)/q+1. The fraction of sp³-hybridized carbons (Fsp3) is 0.280. The van der Waals surface area contributed by atoms with Crippen LogP contribution >= 0.6 is 0 Å². The van der Waals surface area contributed by atoms with Gasteiger partial charge in [0.25, 0.3) is 0 Å². The molecule has 3 aromatic rings. The number of nitrogens with one attached hydrogen (secondary N) is 1. The van der Waals surface area contributed by atoms with Gasteiger partial charge in [0.05, 0.1) is 21.1 Å². The number of likely N-dealkylation sites (N-methyl/N-ethyl adjacent to an activating group) is 1. The van der Waals surface area contributed by atoms with Crippen LogP contribution in [0.5, 0.6) is 5.75 Å². The zero-order valence-corrected chi connectivity index (χ0v) is 19.3. The maximum Gasteiger partial charge on any atom is 0.164 e. The van der Waals surface area contributed by atoms with Gasteiger partial charge in [-0.3, -0.25) is 0 Å². The lowest BCUT2D eigenvalue weighted by molar-refractivity contribution is -0.870. The van der Waals surface area contributed by atoms with Gasteiger partial charge in [-0.15, -0.1) is 0 Å². The summed E-state index contributed by atoms with van der Waals surface area (Å²) < 4.78 is 6.87. The van der Waals surface area contributed by atoms with E-state index in [1.807, 2.05) is 56.3 Å². The van der Waals surface area contributed by atoms with Crippen LogP contribution in [0, 0.1) is 13.8 Å². The Labute approximate surface area is 189 Å². The first-order valence-corrected chi connectivity index (χ1v) is 10.6. The lowest BCUT2D eigenvalue weighted by atomic mass is 10.1. The third-order valence-electron chi connectivity index (χ3n) is 5.02.